The SMILES string of the molecule is CC(=O)NCc1ccnc(-c2ccc3c(N)c(C#N)c(=O)n(-c4ccc(C)c(C#N)c4)c3c2)c1. The number of hydrogen-bond donors (Lipinski definition) is 2. The Hall–Kier alpha value is -4.95. The van der Waals surface area contributed by atoms with Crippen molar-refractivity contribution in [3.63, 3.8) is 0 Å². The number of pyridine rings is 2. The van der Waals surface area contributed by atoms with Crippen LogP contribution in [0.15, 0.2) is 59.5 Å². The molecule has 0 aliphatic heterocycles. The number of rotatable bonds is 4. The number of nitriles is 2. The third-order valence-corrected chi connectivity index (χ3v) is 5.59. The van der Waals surface area contributed by atoms with Crippen LogP contribution in [0.5, 0.6) is 0 Å². The molecule has 4 rings (SSSR count). The summed E-state index contributed by atoms with van der Waals surface area (Å²) in [6, 6.07) is 18.2. The molecule has 4 aromatic rings. The van der Waals surface area contributed by atoms with Crippen molar-refractivity contribution in [1.29, 1.82) is 10.5 Å². The zero-order valence-electron chi connectivity index (χ0n) is 18.6. The molecule has 0 radical (unpaired) electrons. The standard InChI is InChI=1S/C26H20N6O2/c1-15-3-5-20(10-19(15)12-27)32-24-11-18(4-6-21(24)25(29)22(13-28)26(32)34)23-9-17(7-8-30-23)14-31-16(2)33/h3-11H,14,29H2,1-2H3,(H,31,33). The molecule has 8 heteroatoms. The van der Waals surface area contributed by atoms with E-state index in [9.17, 15) is 20.1 Å². The Morgan fingerprint density at radius 2 is 1.91 bits per heavy atom. The average Bonchev–Trinajstić information content (AvgIpc) is 2.84. The molecular weight excluding hydrogens is 428 g/mol. The van der Waals surface area contributed by atoms with Crippen molar-refractivity contribution in [3.05, 3.63) is 87.3 Å². The van der Waals surface area contributed by atoms with Gasteiger partial charge in [0.15, 0.2) is 0 Å². The first-order chi connectivity index (χ1) is 16.3. The van der Waals surface area contributed by atoms with Gasteiger partial charge in [0.25, 0.3) is 5.56 Å². The van der Waals surface area contributed by atoms with Crippen LogP contribution in [0, 0.1) is 29.6 Å². The van der Waals surface area contributed by atoms with Crippen molar-refractivity contribution < 1.29 is 4.79 Å². The molecular formula is C26H20N6O2. The van der Waals surface area contributed by atoms with Crippen LogP contribution in [0.3, 0.4) is 0 Å². The number of nitrogens with one attached hydrogen (secondary N) is 1. The van der Waals surface area contributed by atoms with Crippen LogP contribution >= 0.6 is 0 Å². The molecule has 34 heavy (non-hydrogen) atoms. The minimum Gasteiger partial charge on any atom is -0.397 e. The van der Waals surface area contributed by atoms with Gasteiger partial charge in [0.05, 0.1) is 34.2 Å². The van der Waals surface area contributed by atoms with Crippen LogP contribution in [0.4, 0.5) is 5.69 Å². The minimum atomic E-state index is -0.565. The van der Waals surface area contributed by atoms with Gasteiger partial charge < -0.3 is 11.1 Å². The predicted octanol–water partition coefficient (Wildman–Crippen LogP) is 3.32. The van der Waals surface area contributed by atoms with E-state index < -0.39 is 5.56 Å². The van der Waals surface area contributed by atoms with Gasteiger partial charge in [-0.25, -0.2) is 0 Å². The van der Waals surface area contributed by atoms with Crippen molar-refractivity contribution >= 4 is 22.5 Å². The Bertz CT molecular complexity index is 1610. The van der Waals surface area contributed by atoms with Crippen molar-refractivity contribution in [1.82, 2.24) is 14.9 Å². The molecule has 0 fully saturated rings. The minimum absolute atomic E-state index is 0.102. The molecule has 0 aliphatic rings. The second-order valence-corrected chi connectivity index (χ2v) is 7.84. The topological polar surface area (TPSA) is 138 Å². The lowest BCUT2D eigenvalue weighted by Gasteiger charge is -2.15. The Labute approximate surface area is 195 Å². The van der Waals surface area contributed by atoms with E-state index in [0.717, 1.165) is 16.7 Å². The molecule has 0 atom stereocenters. The van der Waals surface area contributed by atoms with Crippen LogP contribution in [0.2, 0.25) is 0 Å². The summed E-state index contributed by atoms with van der Waals surface area (Å²) in [5.41, 5.74) is 9.96. The second-order valence-electron chi connectivity index (χ2n) is 7.84. The van der Waals surface area contributed by atoms with Crippen LogP contribution in [-0.4, -0.2) is 15.5 Å². The number of hydrogen-bond acceptors (Lipinski definition) is 6. The van der Waals surface area contributed by atoms with E-state index in [1.165, 1.54) is 11.5 Å². The zero-order valence-corrected chi connectivity index (χ0v) is 18.6. The van der Waals surface area contributed by atoms with Crippen molar-refractivity contribution in [2.24, 2.45) is 0 Å². The van der Waals surface area contributed by atoms with E-state index in [1.807, 2.05) is 31.2 Å². The maximum Gasteiger partial charge on any atom is 0.275 e. The summed E-state index contributed by atoms with van der Waals surface area (Å²) in [6.45, 7) is 3.62. The Kier molecular flexibility index (Phi) is 5.82. The van der Waals surface area contributed by atoms with Crippen LogP contribution < -0.4 is 16.6 Å². The summed E-state index contributed by atoms with van der Waals surface area (Å²) in [6.07, 6.45) is 1.65. The molecule has 0 aliphatic carbocycles. The molecule has 2 aromatic carbocycles. The summed E-state index contributed by atoms with van der Waals surface area (Å²) in [5.74, 6) is -0.133. The number of nitrogens with two attached hydrogens (primary N) is 1. The van der Waals surface area contributed by atoms with E-state index in [4.69, 9.17) is 5.73 Å². The molecule has 0 unspecified atom stereocenters. The number of nitrogen functional groups attached to an aromatic ring is 1. The first kappa shape index (κ1) is 22.3. The fraction of sp³-hybridized carbons (Fsp3) is 0.115. The smallest absolute Gasteiger partial charge is 0.275 e. The molecule has 2 aromatic heterocycles. The van der Waals surface area contributed by atoms with Gasteiger partial charge in [0, 0.05) is 30.6 Å². The maximum atomic E-state index is 13.3. The van der Waals surface area contributed by atoms with E-state index >= 15 is 0 Å². The van der Waals surface area contributed by atoms with Gasteiger partial charge in [-0.3, -0.25) is 19.1 Å². The monoisotopic (exact) mass is 448 g/mol. The summed E-state index contributed by atoms with van der Waals surface area (Å²) < 4.78 is 1.40. The summed E-state index contributed by atoms with van der Waals surface area (Å²) >= 11 is 0. The van der Waals surface area contributed by atoms with Crippen molar-refractivity contribution in [3.8, 4) is 29.1 Å². The lowest BCUT2D eigenvalue weighted by molar-refractivity contribution is -0.119. The van der Waals surface area contributed by atoms with Crippen LogP contribution in [-0.2, 0) is 11.3 Å². The first-order valence-electron chi connectivity index (χ1n) is 10.4. The summed E-state index contributed by atoms with van der Waals surface area (Å²) in [4.78, 5) is 29.0. The number of carbonyl (C=O) groups excluding carboxylic acids is 1. The predicted molar refractivity (Wildman–Crippen MR) is 129 cm³/mol. The third kappa shape index (κ3) is 3.96. The normalized spacial score (nSPS) is 10.5. The van der Waals surface area contributed by atoms with E-state index in [0.29, 0.717) is 34.4 Å². The molecule has 1 amide bonds. The molecule has 0 bridgehead atoms. The largest absolute Gasteiger partial charge is 0.397 e. The number of aromatic nitrogens is 2. The van der Waals surface area contributed by atoms with Gasteiger partial charge in [-0.2, -0.15) is 10.5 Å². The third-order valence-electron chi connectivity index (χ3n) is 5.59. The molecule has 166 valence electrons. The summed E-state index contributed by atoms with van der Waals surface area (Å²) in [5, 5.41) is 22.4. The van der Waals surface area contributed by atoms with Crippen molar-refractivity contribution in [2.45, 2.75) is 20.4 Å². The van der Waals surface area contributed by atoms with Gasteiger partial charge in [-0.15, -0.1) is 0 Å². The highest BCUT2D eigenvalue weighted by atomic mass is 16.1. The number of anilines is 1. The Morgan fingerprint density at radius 1 is 1.12 bits per heavy atom. The Morgan fingerprint density at radius 3 is 2.62 bits per heavy atom. The number of benzene rings is 2. The number of carbonyl (C=O) groups is 1. The highest BCUT2D eigenvalue weighted by Gasteiger charge is 2.17. The first-order valence-corrected chi connectivity index (χ1v) is 10.4. The van der Waals surface area contributed by atoms with Gasteiger partial charge in [0.2, 0.25) is 5.91 Å². The lowest BCUT2D eigenvalue weighted by atomic mass is 10.0. The molecule has 8 nitrogen and oxygen atoms in total. The Balaban J connectivity index is 1.98. The lowest BCUT2D eigenvalue weighted by Crippen LogP contribution is -2.23. The van der Waals surface area contributed by atoms with Gasteiger partial charge in [-0.1, -0.05) is 18.2 Å². The second kappa shape index (κ2) is 8.89. The zero-order chi connectivity index (χ0) is 24.4. The van der Waals surface area contributed by atoms with Crippen LogP contribution in [0.1, 0.15) is 29.2 Å². The van der Waals surface area contributed by atoms with E-state index in [1.54, 1.807) is 36.5 Å². The molecule has 0 saturated heterocycles. The fourth-order valence-corrected chi connectivity index (χ4v) is 3.78. The van der Waals surface area contributed by atoms with Crippen molar-refractivity contribution in [2.75, 3.05) is 5.73 Å². The maximum absolute atomic E-state index is 13.3. The summed E-state index contributed by atoms with van der Waals surface area (Å²) in [7, 11) is 0. The fourth-order valence-electron chi connectivity index (χ4n) is 3.78. The van der Waals surface area contributed by atoms with Crippen LogP contribution in [0.25, 0.3) is 27.8 Å². The highest BCUT2D eigenvalue weighted by molar-refractivity contribution is 5.96. The quantitative estimate of drug-likeness (QED) is 0.491. The molecule has 3 N–H and O–H groups in total. The molecule has 0 saturated carbocycles. The van der Waals surface area contributed by atoms with Gasteiger partial charge in [-0.05, 0) is 48.4 Å². The number of aryl methyl sites for hydroxylation is 1. The average molecular weight is 448 g/mol. The number of amides is 1. The van der Waals surface area contributed by atoms with Gasteiger partial charge >= 0.3 is 0 Å². The van der Waals surface area contributed by atoms with E-state index in [-0.39, 0.29) is 17.2 Å². The number of nitrogens with zero attached hydrogens (tertiary/aromatic N) is 4. The van der Waals surface area contributed by atoms with Gasteiger partial charge in [0.1, 0.15) is 11.6 Å². The highest BCUT2D eigenvalue weighted by Crippen LogP contribution is 2.29. The molecule has 2 heterocycles. The number of fused-ring (bicyclic) bond motifs is 1. The van der Waals surface area contributed by atoms with E-state index in [2.05, 4.69) is 16.4 Å². The molecule has 0 spiro atoms.